The number of ether oxygens (including phenoxy) is 1. The molecular formula is C22H25FN2O3. The Morgan fingerprint density at radius 1 is 1.18 bits per heavy atom. The van der Waals surface area contributed by atoms with Gasteiger partial charge in [0.25, 0.3) is 5.91 Å². The lowest BCUT2D eigenvalue weighted by Gasteiger charge is -2.33. The van der Waals surface area contributed by atoms with Crippen LogP contribution in [0.5, 0.6) is 0 Å². The fraction of sp³-hybridized carbons (Fsp3) is 0.364. The average molecular weight is 384 g/mol. The van der Waals surface area contributed by atoms with Crippen LogP contribution >= 0.6 is 0 Å². The molecule has 0 spiro atoms. The van der Waals surface area contributed by atoms with E-state index in [1.54, 1.807) is 36.4 Å². The van der Waals surface area contributed by atoms with Crippen molar-refractivity contribution in [3.05, 3.63) is 65.5 Å². The highest BCUT2D eigenvalue weighted by atomic mass is 19.1. The summed E-state index contributed by atoms with van der Waals surface area (Å²) in [6.07, 6.45) is 0.525. The Balaban J connectivity index is 1.57. The third-order valence-corrected chi connectivity index (χ3v) is 4.93. The number of benzene rings is 2. The molecule has 2 aromatic rings. The van der Waals surface area contributed by atoms with Crippen LogP contribution in [0.4, 0.5) is 10.1 Å². The molecule has 1 fully saturated rings. The molecule has 1 saturated heterocycles. The molecule has 2 amide bonds. The summed E-state index contributed by atoms with van der Waals surface area (Å²) in [5.74, 6) is -0.702. The maximum absolute atomic E-state index is 13.0. The highest BCUT2D eigenvalue weighted by Crippen LogP contribution is 2.17. The van der Waals surface area contributed by atoms with Crippen molar-refractivity contribution < 1.29 is 18.7 Å². The number of anilines is 1. The zero-order valence-electron chi connectivity index (χ0n) is 16.2. The summed E-state index contributed by atoms with van der Waals surface area (Å²) < 4.78 is 18.4. The molecule has 0 bridgehead atoms. The smallest absolute Gasteiger partial charge is 0.254 e. The number of nitrogens with one attached hydrogen (secondary N) is 1. The van der Waals surface area contributed by atoms with Gasteiger partial charge < -0.3 is 15.0 Å². The molecule has 3 rings (SSSR count). The first-order valence-corrected chi connectivity index (χ1v) is 9.48. The third-order valence-electron chi connectivity index (χ3n) is 4.93. The van der Waals surface area contributed by atoms with Gasteiger partial charge in [-0.2, -0.15) is 0 Å². The van der Waals surface area contributed by atoms with Crippen molar-refractivity contribution in [3.8, 4) is 0 Å². The normalized spacial score (nSPS) is 17.8. The lowest BCUT2D eigenvalue weighted by molar-refractivity contribution is -0.119. The van der Waals surface area contributed by atoms with Crippen LogP contribution < -0.4 is 5.32 Å². The van der Waals surface area contributed by atoms with E-state index in [-0.39, 0.29) is 29.6 Å². The van der Waals surface area contributed by atoms with E-state index in [1.807, 2.05) is 18.7 Å². The number of carbonyl (C=O) groups excluding carboxylic acids is 2. The monoisotopic (exact) mass is 384 g/mol. The molecule has 5 nitrogen and oxygen atoms in total. The fourth-order valence-corrected chi connectivity index (χ4v) is 3.22. The van der Waals surface area contributed by atoms with E-state index in [4.69, 9.17) is 4.74 Å². The lowest BCUT2D eigenvalue weighted by Crippen LogP contribution is -2.47. The van der Waals surface area contributed by atoms with Gasteiger partial charge in [0.05, 0.1) is 19.3 Å². The van der Waals surface area contributed by atoms with E-state index < -0.39 is 0 Å². The topological polar surface area (TPSA) is 58.6 Å². The Kier molecular flexibility index (Phi) is 6.41. The van der Waals surface area contributed by atoms with Gasteiger partial charge in [-0.3, -0.25) is 9.59 Å². The minimum Gasteiger partial charge on any atom is -0.377 e. The van der Waals surface area contributed by atoms with Crippen LogP contribution in [0.25, 0.3) is 0 Å². The number of morpholine rings is 1. The van der Waals surface area contributed by atoms with Crippen molar-refractivity contribution >= 4 is 17.5 Å². The molecule has 148 valence electrons. The van der Waals surface area contributed by atoms with Crippen molar-refractivity contribution in [1.82, 2.24) is 4.90 Å². The Bertz CT molecular complexity index is 821. The van der Waals surface area contributed by atoms with E-state index in [0.29, 0.717) is 37.4 Å². The largest absolute Gasteiger partial charge is 0.377 e. The fourth-order valence-electron chi connectivity index (χ4n) is 3.22. The first-order valence-electron chi connectivity index (χ1n) is 9.48. The van der Waals surface area contributed by atoms with Gasteiger partial charge >= 0.3 is 0 Å². The number of hydrogen-bond donors (Lipinski definition) is 1. The molecule has 2 aromatic carbocycles. The molecule has 28 heavy (non-hydrogen) atoms. The molecule has 1 aliphatic rings. The van der Waals surface area contributed by atoms with Gasteiger partial charge in [-0.25, -0.2) is 4.39 Å². The zero-order chi connectivity index (χ0) is 20.1. The summed E-state index contributed by atoms with van der Waals surface area (Å²) in [5, 5.41) is 2.87. The molecule has 0 saturated carbocycles. The Morgan fingerprint density at radius 2 is 1.86 bits per heavy atom. The second-order valence-electron chi connectivity index (χ2n) is 7.22. The van der Waals surface area contributed by atoms with Gasteiger partial charge in [-0.05, 0) is 55.3 Å². The van der Waals surface area contributed by atoms with Gasteiger partial charge in [0.2, 0.25) is 5.91 Å². The molecule has 0 aliphatic carbocycles. The second-order valence-corrected chi connectivity index (χ2v) is 7.22. The molecule has 1 heterocycles. The second kappa shape index (κ2) is 8.97. The number of carbonyl (C=O) groups is 2. The SMILES string of the molecule is CC(Cc1ccc(F)cc1)C(=O)Nc1ccc(C(=O)N2CCOCC2C)cc1. The predicted molar refractivity (Wildman–Crippen MR) is 106 cm³/mol. The number of rotatable bonds is 5. The van der Waals surface area contributed by atoms with Crippen molar-refractivity contribution in [3.63, 3.8) is 0 Å². The maximum Gasteiger partial charge on any atom is 0.254 e. The number of halogens is 1. The maximum atomic E-state index is 13.0. The highest BCUT2D eigenvalue weighted by Gasteiger charge is 2.24. The van der Waals surface area contributed by atoms with E-state index in [9.17, 15) is 14.0 Å². The van der Waals surface area contributed by atoms with E-state index in [2.05, 4.69) is 5.32 Å². The number of hydrogen-bond acceptors (Lipinski definition) is 3. The first-order chi connectivity index (χ1) is 13.4. The predicted octanol–water partition coefficient (Wildman–Crippen LogP) is 3.50. The highest BCUT2D eigenvalue weighted by molar-refractivity contribution is 5.96. The summed E-state index contributed by atoms with van der Waals surface area (Å²) in [5.41, 5.74) is 2.14. The summed E-state index contributed by atoms with van der Waals surface area (Å²) in [6.45, 7) is 5.48. The molecule has 1 aliphatic heterocycles. The van der Waals surface area contributed by atoms with Crippen molar-refractivity contribution in [2.45, 2.75) is 26.3 Å². The van der Waals surface area contributed by atoms with E-state index in [0.717, 1.165) is 5.56 Å². The zero-order valence-corrected chi connectivity index (χ0v) is 16.2. The van der Waals surface area contributed by atoms with Crippen LogP contribution in [0, 0.1) is 11.7 Å². The summed E-state index contributed by atoms with van der Waals surface area (Å²) in [7, 11) is 0. The van der Waals surface area contributed by atoms with Crippen molar-refractivity contribution in [2.24, 2.45) is 5.92 Å². The molecule has 2 unspecified atom stereocenters. The van der Waals surface area contributed by atoms with Gasteiger partial charge in [-0.15, -0.1) is 0 Å². The quantitative estimate of drug-likeness (QED) is 0.858. The third kappa shape index (κ3) is 4.95. The first kappa shape index (κ1) is 20.0. The van der Waals surface area contributed by atoms with Crippen molar-refractivity contribution in [2.75, 3.05) is 25.1 Å². The summed E-state index contributed by atoms with van der Waals surface area (Å²) in [4.78, 5) is 26.9. The minimum absolute atomic E-state index is 0.0293. The van der Waals surface area contributed by atoms with Crippen LogP contribution in [0.2, 0.25) is 0 Å². The molecule has 0 aromatic heterocycles. The molecular weight excluding hydrogens is 359 g/mol. The lowest BCUT2D eigenvalue weighted by atomic mass is 10.0. The van der Waals surface area contributed by atoms with Crippen molar-refractivity contribution in [1.29, 1.82) is 0 Å². The van der Waals surface area contributed by atoms with Crippen LogP contribution in [0.3, 0.4) is 0 Å². The van der Waals surface area contributed by atoms with Crippen LogP contribution in [0.15, 0.2) is 48.5 Å². The Morgan fingerprint density at radius 3 is 2.50 bits per heavy atom. The van der Waals surface area contributed by atoms with E-state index >= 15 is 0 Å². The summed E-state index contributed by atoms with van der Waals surface area (Å²) in [6, 6.07) is 13.1. The molecule has 2 atom stereocenters. The summed E-state index contributed by atoms with van der Waals surface area (Å²) >= 11 is 0. The Labute approximate surface area is 164 Å². The van der Waals surface area contributed by atoms with Crippen LogP contribution in [-0.2, 0) is 16.0 Å². The van der Waals surface area contributed by atoms with E-state index in [1.165, 1.54) is 12.1 Å². The molecule has 0 radical (unpaired) electrons. The average Bonchev–Trinajstić information content (AvgIpc) is 2.70. The molecule has 1 N–H and O–H groups in total. The number of amides is 2. The minimum atomic E-state index is -0.290. The van der Waals surface area contributed by atoms with Gasteiger partial charge in [0.1, 0.15) is 5.82 Å². The number of nitrogens with zero attached hydrogens (tertiary/aromatic N) is 1. The van der Waals surface area contributed by atoms with Gasteiger partial charge in [0, 0.05) is 23.7 Å². The van der Waals surface area contributed by atoms with Crippen LogP contribution in [-0.4, -0.2) is 42.5 Å². The van der Waals surface area contributed by atoms with Gasteiger partial charge in [0.15, 0.2) is 0 Å². The van der Waals surface area contributed by atoms with Crippen LogP contribution in [0.1, 0.15) is 29.8 Å². The molecule has 6 heteroatoms. The van der Waals surface area contributed by atoms with Gasteiger partial charge in [-0.1, -0.05) is 19.1 Å². The standard InChI is InChI=1S/C22H25FN2O3/c1-15(13-17-3-7-19(23)8-4-17)21(26)24-20-9-5-18(6-10-20)22(27)25-11-12-28-14-16(25)2/h3-10,15-16H,11-14H2,1-2H3,(H,24,26). The Hall–Kier alpha value is -2.73.